The maximum Gasteiger partial charge on any atom is 0.248 e. The van der Waals surface area contributed by atoms with E-state index >= 15 is 0 Å². The number of rotatable bonds is 3. The molecule has 6 nitrogen and oxygen atoms in total. The zero-order valence-corrected chi connectivity index (χ0v) is 13.7. The second-order valence-corrected chi connectivity index (χ2v) is 6.63. The molecule has 1 heterocycles. The van der Waals surface area contributed by atoms with Crippen molar-refractivity contribution in [3.05, 3.63) is 34.6 Å². The van der Waals surface area contributed by atoms with Crippen molar-refractivity contribution in [3.8, 4) is 10.6 Å². The Labute approximate surface area is 137 Å². The molecule has 1 aliphatic rings. The van der Waals surface area contributed by atoms with E-state index in [2.05, 4.69) is 10.1 Å². The number of hydrogen-bond donors (Lipinski definition) is 1. The normalized spacial score (nSPS) is 19.1. The van der Waals surface area contributed by atoms with Crippen LogP contribution in [-0.4, -0.2) is 27.5 Å². The molecule has 3 rings (SSSR count). The van der Waals surface area contributed by atoms with E-state index in [0.717, 1.165) is 28.2 Å². The SMILES string of the molecule is Cn1nc(-c2ccc(C(N)=O)cc2)sc1=NC1CCCC(=O)C1. The fraction of sp³-hybridized carbons (Fsp3) is 0.375. The molecular formula is C16H18N4O2S. The van der Waals surface area contributed by atoms with Gasteiger partial charge in [0.25, 0.3) is 0 Å². The third kappa shape index (κ3) is 3.56. The minimum atomic E-state index is -0.445. The average molecular weight is 330 g/mol. The Morgan fingerprint density at radius 1 is 1.39 bits per heavy atom. The van der Waals surface area contributed by atoms with E-state index in [4.69, 9.17) is 5.73 Å². The minimum Gasteiger partial charge on any atom is -0.366 e. The van der Waals surface area contributed by atoms with Gasteiger partial charge in [-0.05, 0) is 25.0 Å². The summed E-state index contributed by atoms with van der Waals surface area (Å²) < 4.78 is 1.74. The number of ketones is 1. The van der Waals surface area contributed by atoms with E-state index in [1.54, 1.807) is 16.8 Å². The largest absolute Gasteiger partial charge is 0.366 e. The van der Waals surface area contributed by atoms with Crippen molar-refractivity contribution < 1.29 is 9.59 Å². The van der Waals surface area contributed by atoms with Crippen molar-refractivity contribution in [1.29, 1.82) is 0 Å². The van der Waals surface area contributed by atoms with Gasteiger partial charge in [0.05, 0.1) is 6.04 Å². The molecule has 1 unspecified atom stereocenters. The van der Waals surface area contributed by atoms with Gasteiger partial charge in [-0.3, -0.25) is 14.6 Å². The van der Waals surface area contributed by atoms with Gasteiger partial charge in [0.1, 0.15) is 10.8 Å². The summed E-state index contributed by atoms with van der Waals surface area (Å²) >= 11 is 1.48. The Morgan fingerprint density at radius 2 is 2.13 bits per heavy atom. The first-order valence-electron chi connectivity index (χ1n) is 7.53. The summed E-state index contributed by atoms with van der Waals surface area (Å²) in [6.07, 6.45) is 3.07. The lowest BCUT2D eigenvalue weighted by atomic mass is 9.95. The van der Waals surface area contributed by atoms with Gasteiger partial charge in [0, 0.05) is 31.0 Å². The first-order valence-corrected chi connectivity index (χ1v) is 8.34. The Morgan fingerprint density at radius 3 is 2.78 bits per heavy atom. The van der Waals surface area contributed by atoms with Crippen LogP contribution in [0.5, 0.6) is 0 Å². The third-order valence-electron chi connectivity index (χ3n) is 3.87. The molecule has 7 heteroatoms. The molecule has 120 valence electrons. The summed E-state index contributed by atoms with van der Waals surface area (Å²) in [6, 6.07) is 7.10. The van der Waals surface area contributed by atoms with Crippen molar-refractivity contribution in [2.75, 3.05) is 0 Å². The van der Waals surface area contributed by atoms with E-state index < -0.39 is 5.91 Å². The standard InChI is InChI=1S/C16H18N4O2S/c1-20-16(18-12-3-2-4-13(21)9-12)23-15(19-20)11-7-5-10(6-8-11)14(17)22/h5-8,12H,2-4,9H2,1H3,(H2,17,22). The Bertz CT molecular complexity index is 804. The van der Waals surface area contributed by atoms with Crippen LogP contribution in [0.25, 0.3) is 10.6 Å². The number of nitrogens with zero attached hydrogens (tertiary/aromatic N) is 3. The molecular weight excluding hydrogens is 312 g/mol. The van der Waals surface area contributed by atoms with Crippen LogP contribution in [0.4, 0.5) is 0 Å². The maximum atomic E-state index is 11.5. The lowest BCUT2D eigenvalue weighted by Crippen LogP contribution is -2.22. The smallest absolute Gasteiger partial charge is 0.248 e. The van der Waals surface area contributed by atoms with Crippen LogP contribution in [-0.2, 0) is 11.8 Å². The van der Waals surface area contributed by atoms with Gasteiger partial charge in [-0.2, -0.15) is 5.10 Å². The number of carbonyl (C=O) groups is 2. The van der Waals surface area contributed by atoms with E-state index in [1.165, 1.54) is 11.3 Å². The molecule has 2 aromatic rings. The number of primary amides is 1. The Balaban J connectivity index is 1.88. The number of hydrogen-bond acceptors (Lipinski definition) is 5. The van der Waals surface area contributed by atoms with Crippen LogP contribution in [0.15, 0.2) is 29.3 Å². The molecule has 1 aliphatic carbocycles. The topological polar surface area (TPSA) is 90.3 Å². The van der Waals surface area contributed by atoms with Crippen molar-refractivity contribution in [2.45, 2.75) is 31.7 Å². The number of benzene rings is 1. The van der Waals surface area contributed by atoms with E-state index in [1.807, 2.05) is 19.2 Å². The number of Topliss-reactive ketones (excluding diaryl/α,β-unsaturated/α-hetero) is 1. The van der Waals surface area contributed by atoms with E-state index in [9.17, 15) is 9.59 Å². The second kappa shape index (κ2) is 6.45. The van der Waals surface area contributed by atoms with Crippen LogP contribution >= 0.6 is 11.3 Å². The molecule has 0 spiro atoms. The first kappa shape index (κ1) is 15.6. The summed E-state index contributed by atoms with van der Waals surface area (Å²) in [4.78, 5) is 28.2. The highest BCUT2D eigenvalue weighted by Crippen LogP contribution is 2.21. The van der Waals surface area contributed by atoms with Gasteiger partial charge < -0.3 is 5.73 Å². The van der Waals surface area contributed by atoms with Crippen molar-refractivity contribution in [1.82, 2.24) is 9.78 Å². The predicted octanol–water partition coefficient (Wildman–Crippen LogP) is 1.66. The molecule has 0 bridgehead atoms. The molecule has 0 saturated heterocycles. The monoisotopic (exact) mass is 330 g/mol. The number of carbonyl (C=O) groups excluding carboxylic acids is 2. The minimum absolute atomic E-state index is 0.0630. The van der Waals surface area contributed by atoms with Crippen LogP contribution < -0.4 is 10.5 Å². The van der Waals surface area contributed by atoms with Crippen molar-refractivity contribution in [3.63, 3.8) is 0 Å². The molecule has 0 aliphatic heterocycles. The van der Waals surface area contributed by atoms with Crippen LogP contribution in [0.1, 0.15) is 36.0 Å². The molecule has 1 aromatic carbocycles. The lowest BCUT2D eigenvalue weighted by molar-refractivity contribution is -0.120. The van der Waals surface area contributed by atoms with Gasteiger partial charge in [-0.25, -0.2) is 4.68 Å². The fourth-order valence-corrected chi connectivity index (χ4v) is 3.59. The van der Waals surface area contributed by atoms with Gasteiger partial charge >= 0.3 is 0 Å². The lowest BCUT2D eigenvalue weighted by Gasteiger charge is -2.15. The quantitative estimate of drug-likeness (QED) is 0.928. The van der Waals surface area contributed by atoms with E-state index in [0.29, 0.717) is 24.2 Å². The number of aromatic nitrogens is 2. The second-order valence-electron chi connectivity index (χ2n) is 5.67. The zero-order chi connectivity index (χ0) is 16.4. The Kier molecular flexibility index (Phi) is 4.38. The molecule has 1 amide bonds. The summed E-state index contributed by atoms with van der Waals surface area (Å²) in [5.41, 5.74) is 6.63. The highest BCUT2D eigenvalue weighted by molar-refractivity contribution is 7.12. The summed E-state index contributed by atoms with van der Waals surface area (Å²) in [5, 5.41) is 5.30. The summed E-state index contributed by atoms with van der Waals surface area (Å²) in [6.45, 7) is 0. The first-order chi connectivity index (χ1) is 11.0. The number of amides is 1. The average Bonchev–Trinajstić information content (AvgIpc) is 2.88. The number of aryl methyl sites for hydroxylation is 1. The predicted molar refractivity (Wildman–Crippen MR) is 87.9 cm³/mol. The maximum absolute atomic E-state index is 11.5. The fourth-order valence-electron chi connectivity index (χ4n) is 2.62. The van der Waals surface area contributed by atoms with Crippen molar-refractivity contribution in [2.24, 2.45) is 17.8 Å². The van der Waals surface area contributed by atoms with Crippen LogP contribution in [0.3, 0.4) is 0 Å². The molecule has 2 N–H and O–H groups in total. The van der Waals surface area contributed by atoms with Crippen LogP contribution in [0.2, 0.25) is 0 Å². The molecule has 1 saturated carbocycles. The third-order valence-corrected chi connectivity index (χ3v) is 4.93. The highest BCUT2D eigenvalue weighted by Gasteiger charge is 2.19. The van der Waals surface area contributed by atoms with Gasteiger partial charge in [0.2, 0.25) is 10.7 Å². The van der Waals surface area contributed by atoms with Crippen LogP contribution in [0, 0.1) is 0 Å². The molecule has 23 heavy (non-hydrogen) atoms. The molecule has 1 fully saturated rings. The van der Waals surface area contributed by atoms with E-state index in [-0.39, 0.29) is 6.04 Å². The highest BCUT2D eigenvalue weighted by atomic mass is 32.1. The summed E-state index contributed by atoms with van der Waals surface area (Å²) in [5.74, 6) is -0.154. The molecule has 1 atom stereocenters. The summed E-state index contributed by atoms with van der Waals surface area (Å²) in [7, 11) is 1.85. The van der Waals surface area contributed by atoms with Gasteiger partial charge in [-0.1, -0.05) is 23.5 Å². The van der Waals surface area contributed by atoms with Gasteiger partial charge in [-0.15, -0.1) is 0 Å². The number of nitrogens with two attached hydrogens (primary N) is 1. The Hall–Kier alpha value is -2.28. The molecule has 1 aromatic heterocycles. The van der Waals surface area contributed by atoms with Crippen molar-refractivity contribution >= 4 is 23.0 Å². The molecule has 0 radical (unpaired) electrons. The zero-order valence-electron chi connectivity index (χ0n) is 12.9. The van der Waals surface area contributed by atoms with Gasteiger partial charge in [0.15, 0.2) is 0 Å².